The van der Waals surface area contributed by atoms with Gasteiger partial charge in [-0.15, -0.1) is 0 Å². The first-order valence-electron chi connectivity index (χ1n) is 5.56. The Morgan fingerprint density at radius 1 is 1.24 bits per heavy atom. The smallest absolute Gasteiger partial charge is 0.228 e. The number of pyridine rings is 1. The number of halogens is 1. The Labute approximate surface area is 110 Å². The maximum Gasteiger partial charge on any atom is 0.228 e. The minimum absolute atomic E-state index is 0.599. The minimum Gasteiger partial charge on any atom is -0.477 e. The second-order valence-corrected chi connectivity index (χ2v) is 4.35. The summed E-state index contributed by atoms with van der Waals surface area (Å²) in [6.45, 7) is 4.54. The van der Waals surface area contributed by atoms with Gasteiger partial charge in [-0.1, -0.05) is 0 Å². The van der Waals surface area contributed by atoms with E-state index in [0.717, 1.165) is 16.5 Å². The predicted molar refractivity (Wildman–Crippen MR) is 69.5 cm³/mol. The highest BCUT2D eigenvalue weighted by molar-refractivity contribution is 9.10. The normalized spacial score (nSPS) is 10.5. The van der Waals surface area contributed by atoms with Gasteiger partial charge in [0.05, 0.1) is 24.3 Å². The van der Waals surface area contributed by atoms with Crippen LogP contribution >= 0.6 is 15.9 Å². The molecule has 0 bridgehead atoms. The van der Waals surface area contributed by atoms with Gasteiger partial charge in [-0.2, -0.15) is 0 Å². The lowest BCUT2D eigenvalue weighted by molar-refractivity contribution is 0.0641. The van der Waals surface area contributed by atoms with E-state index in [1.54, 1.807) is 13.3 Å². The number of aryl methyl sites for hydroxylation is 1. The summed E-state index contributed by atoms with van der Waals surface area (Å²) >= 11 is 3.45. The Bertz CT molecular complexity index is 334. The lowest BCUT2D eigenvalue weighted by Crippen LogP contribution is -2.07. The Kier molecular flexibility index (Phi) is 7.16. The van der Waals surface area contributed by atoms with Gasteiger partial charge in [-0.3, -0.25) is 0 Å². The summed E-state index contributed by atoms with van der Waals surface area (Å²) in [4.78, 5) is 4.16. The molecule has 0 aliphatic heterocycles. The number of hydrogen-bond donors (Lipinski definition) is 0. The fourth-order valence-corrected chi connectivity index (χ4v) is 1.54. The molecule has 0 aliphatic carbocycles. The van der Waals surface area contributed by atoms with E-state index in [0.29, 0.717) is 32.3 Å². The molecule has 0 aliphatic rings. The van der Waals surface area contributed by atoms with E-state index in [4.69, 9.17) is 14.2 Å². The van der Waals surface area contributed by atoms with Crippen LogP contribution in [0.5, 0.6) is 5.88 Å². The van der Waals surface area contributed by atoms with E-state index < -0.39 is 0 Å². The van der Waals surface area contributed by atoms with Crippen LogP contribution in [0.2, 0.25) is 0 Å². The predicted octanol–water partition coefficient (Wildman–Crippen LogP) is 2.58. The van der Waals surface area contributed by atoms with Crippen molar-refractivity contribution in [2.24, 2.45) is 0 Å². The quantitative estimate of drug-likeness (QED) is 0.692. The van der Waals surface area contributed by atoms with Crippen molar-refractivity contribution in [3.63, 3.8) is 0 Å². The number of rotatable bonds is 8. The molecule has 1 rings (SSSR count). The Balaban J connectivity index is 2.16. The third kappa shape index (κ3) is 5.48. The zero-order valence-electron chi connectivity index (χ0n) is 10.2. The average Bonchev–Trinajstić information content (AvgIpc) is 2.33. The summed E-state index contributed by atoms with van der Waals surface area (Å²) in [7, 11) is 1.66. The molecule has 0 radical (unpaired) electrons. The number of hydrogen-bond acceptors (Lipinski definition) is 4. The second kappa shape index (κ2) is 8.44. The summed E-state index contributed by atoms with van der Waals surface area (Å²) in [5.74, 6) is 0.641. The van der Waals surface area contributed by atoms with Gasteiger partial charge in [0.1, 0.15) is 0 Å². The highest BCUT2D eigenvalue weighted by Gasteiger charge is 2.04. The Morgan fingerprint density at radius 2 is 2.06 bits per heavy atom. The molecule has 5 heteroatoms. The molecule has 0 fully saturated rings. The van der Waals surface area contributed by atoms with Crippen molar-refractivity contribution >= 4 is 15.9 Å². The first-order chi connectivity index (χ1) is 8.25. The molecule has 0 amide bonds. The van der Waals surface area contributed by atoms with Crippen LogP contribution in [0.1, 0.15) is 12.0 Å². The maximum absolute atomic E-state index is 5.55. The molecule has 96 valence electrons. The summed E-state index contributed by atoms with van der Waals surface area (Å²) in [5, 5.41) is 0. The molecule has 1 aromatic heterocycles. The molecule has 0 saturated carbocycles. The van der Waals surface area contributed by atoms with Crippen LogP contribution in [0.15, 0.2) is 16.7 Å². The topological polar surface area (TPSA) is 40.6 Å². The minimum atomic E-state index is 0.599. The van der Waals surface area contributed by atoms with Crippen LogP contribution in [0.3, 0.4) is 0 Å². The van der Waals surface area contributed by atoms with Crippen molar-refractivity contribution in [3.8, 4) is 5.88 Å². The monoisotopic (exact) mass is 303 g/mol. The van der Waals surface area contributed by atoms with E-state index in [1.807, 2.05) is 13.0 Å². The van der Waals surface area contributed by atoms with Gasteiger partial charge in [0.25, 0.3) is 0 Å². The molecular weight excluding hydrogens is 286 g/mol. The van der Waals surface area contributed by atoms with E-state index in [2.05, 4.69) is 20.9 Å². The molecule has 0 N–H and O–H groups in total. The molecule has 0 saturated heterocycles. The van der Waals surface area contributed by atoms with Crippen LogP contribution in [-0.2, 0) is 9.47 Å². The number of ether oxygens (including phenoxy) is 3. The lowest BCUT2D eigenvalue weighted by atomic mass is 10.3. The summed E-state index contributed by atoms with van der Waals surface area (Å²) < 4.78 is 16.7. The van der Waals surface area contributed by atoms with Crippen molar-refractivity contribution in [1.82, 2.24) is 4.98 Å². The fraction of sp³-hybridized carbons (Fsp3) is 0.583. The van der Waals surface area contributed by atoms with Crippen molar-refractivity contribution in [2.75, 3.05) is 33.5 Å². The second-order valence-electron chi connectivity index (χ2n) is 3.55. The average molecular weight is 304 g/mol. The highest BCUT2D eigenvalue weighted by atomic mass is 79.9. The van der Waals surface area contributed by atoms with E-state index in [1.165, 1.54) is 0 Å². The van der Waals surface area contributed by atoms with E-state index in [9.17, 15) is 0 Å². The zero-order chi connectivity index (χ0) is 12.5. The standard InChI is InChI=1S/C12H18BrNO3/c1-10-4-5-14-12(11(10)13)17-7-3-6-16-9-8-15-2/h4-5H,3,6-9H2,1-2H3. The molecule has 4 nitrogen and oxygen atoms in total. The van der Waals surface area contributed by atoms with Gasteiger partial charge in [0, 0.05) is 26.3 Å². The lowest BCUT2D eigenvalue weighted by Gasteiger charge is -2.08. The zero-order valence-corrected chi connectivity index (χ0v) is 11.8. The van der Waals surface area contributed by atoms with Crippen LogP contribution in [0, 0.1) is 6.92 Å². The maximum atomic E-state index is 5.55. The molecule has 17 heavy (non-hydrogen) atoms. The molecule has 0 spiro atoms. The molecule has 0 unspecified atom stereocenters. The Morgan fingerprint density at radius 3 is 2.82 bits per heavy atom. The highest BCUT2D eigenvalue weighted by Crippen LogP contribution is 2.25. The van der Waals surface area contributed by atoms with Crippen molar-refractivity contribution in [2.45, 2.75) is 13.3 Å². The Hall–Kier alpha value is -0.650. The van der Waals surface area contributed by atoms with Crippen molar-refractivity contribution < 1.29 is 14.2 Å². The van der Waals surface area contributed by atoms with Crippen LogP contribution < -0.4 is 4.74 Å². The van der Waals surface area contributed by atoms with Gasteiger partial charge in [0.2, 0.25) is 5.88 Å². The van der Waals surface area contributed by atoms with Gasteiger partial charge >= 0.3 is 0 Å². The van der Waals surface area contributed by atoms with Crippen LogP contribution in [0.25, 0.3) is 0 Å². The van der Waals surface area contributed by atoms with Crippen molar-refractivity contribution in [1.29, 1.82) is 0 Å². The van der Waals surface area contributed by atoms with Gasteiger partial charge < -0.3 is 14.2 Å². The summed E-state index contributed by atoms with van der Waals surface area (Å²) in [6.07, 6.45) is 2.58. The van der Waals surface area contributed by atoms with Gasteiger partial charge in [-0.05, 0) is 34.5 Å². The largest absolute Gasteiger partial charge is 0.477 e. The third-order valence-corrected chi connectivity index (χ3v) is 3.12. The summed E-state index contributed by atoms with van der Waals surface area (Å²) in [6, 6.07) is 1.94. The van der Waals surface area contributed by atoms with Gasteiger partial charge in [0.15, 0.2) is 0 Å². The first kappa shape index (κ1) is 14.4. The number of aromatic nitrogens is 1. The molecule has 1 aromatic rings. The van der Waals surface area contributed by atoms with E-state index in [-0.39, 0.29) is 0 Å². The molecule has 0 atom stereocenters. The number of methoxy groups -OCH3 is 1. The van der Waals surface area contributed by atoms with E-state index >= 15 is 0 Å². The summed E-state index contributed by atoms with van der Waals surface area (Å²) in [5.41, 5.74) is 1.12. The van der Waals surface area contributed by atoms with Gasteiger partial charge in [-0.25, -0.2) is 4.98 Å². The fourth-order valence-electron chi connectivity index (χ4n) is 1.19. The SMILES string of the molecule is COCCOCCCOc1nccc(C)c1Br. The van der Waals surface area contributed by atoms with Crippen molar-refractivity contribution in [3.05, 3.63) is 22.3 Å². The molecular formula is C12H18BrNO3. The molecule has 0 aromatic carbocycles. The third-order valence-electron chi connectivity index (χ3n) is 2.15. The number of nitrogens with zero attached hydrogens (tertiary/aromatic N) is 1. The van der Waals surface area contributed by atoms with Crippen LogP contribution in [0.4, 0.5) is 0 Å². The van der Waals surface area contributed by atoms with Crippen LogP contribution in [-0.4, -0.2) is 38.5 Å². The molecule has 1 heterocycles. The first-order valence-corrected chi connectivity index (χ1v) is 6.35.